The Morgan fingerprint density at radius 2 is 1.54 bits per heavy atom. The first kappa shape index (κ1) is 21.0. The summed E-state index contributed by atoms with van der Waals surface area (Å²) in [6.07, 6.45) is 0.896. The number of esters is 1. The van der Waals surface area contributed by atoms with Crippen LogP contribution in [0.5, 0.6) is 5.75 Å². The van der Waals surface area contributed by atoms with Crippen molar-refractivity contribution in [3.05, 3.63) is 59.7 Å². The average molecular weight is 384 g/mol. The van der Waals surface area contributed by atoms with Gasteiger partial charge in [0.25, 0.3) is 11.8 Å². The summed E-state index contributed by atoms with van der Waals surface area (Å²) in [5.74, 6) is -0.516. The number of benzene rings is 2. The number of rotatable bonds is 8. The van der Waals surface area contributed by atoms with Crippen LogP contribution < -0.4 is 10.1 Å². The highest BCUT2D eigenvalue weighted by molar-refractivity contribution is 5.97. The molecule has 2 aromatic carbocycles. The number of nitrogens with zero attached hydrogens (tertiary/aromatic N) is 1. The Labute approximate surface area is 164 Å². The summed E-state index contributed by atoms with van der Waals surface area (Å²) in [5.41, 5.74) is 1.36. The van der Waals surface area contributed by atoms with E-state index in [1.54, 1.807) is 62.6 Å². The number of hydrogen-bond acceptors (Lipinski definition) is 5. The van der Waals surface area contributed by atoms with Gasteiger partial charge < -0.3 is 19.7 Å². The SMILES string of the molecule is CCCOc1ccc(C(=O)OCC(=O)Nc2ccc(C(=O)N(C)C)cc2)cc1. The lowest BCUT2D eigenvalue weighted by Crippen LogP contribution is -2.22. The van der Waals surface area contributed by atoms with Crippen molar-refractivity contribution in [3.8, 4) is 5.75 Å². The van der Waals surface area contributed by atoms with Crippen molar-refractivity contribution in [2.24, 2.45) is 0 Å². The molecule has 0 unspecified atom stereocenters. The molecule has 28 heavy (non-hydrogen) atoms. The van der Waals surface area contributed by atoms with Gasteiger partial charge in [0.1, 0.15) is 5.75 Å². The molecule has 0 saturated carbocycles. The number of carbonyl (C=O) groups excluding carboxylic acids is 3. The van der Waals surface area contributed by atoms with Crippen LogP contribution in [0.1, 0.15) is 34.1 Å². The molecule has 7 nitrogen and oxygen atoms in total. The zero-order chi connectivity index (χ0) is 20.5. The molecule has 0 aliphatic rings. The van der Waals surface area contributed by atoms with E-state index in [9.17, 15) is 14.4 Å². The molecule has 7 heteroatoms. The van der Waals surface area contributed by atoms with Gasteiger partial charge in [-0.05, 0) is 55.0 Å². The van der Waals surface area contributed by atoms with E-state index in [1.165, 1.54) is 4.90 Å². The molecule has 0 saturated heterocycles. The molecule has 148 valence electrons. The Hall–Kier alpha value is -3.35. The van der Waals surface area contributed by atoms with Crippen molar-refractivity contribution in [3.63, 3.8) is 0 Å². The third-order valence-electron chi connectivity index (χ3n) is 3.72. The fraction of sp³-hybridized carbons (Fsp3) is 0.286. The molecule has 2 aromatic rings. The average Bonchev–Trinajstić information content (AvgIpc) is 2.70. The largest absolute Gasteiger partial charge is 0.494 e. The number of ether oxygens (including phenoxy) is 2. The highest BCUT2D eigenvalue weighted by Crippen LogP contribution is 2.14. The number of carbonyl (C=O) groups is 3. The van der Waals surface area contributed by atoms with Gasteiger partial charge in [-0.3, -0.25) is 9.59 Å². The van der Waals surface area contributed by atoms with Crippen LogP contribution in [0.4, 0.5) is 5.69 Å². The van der Waals surface area contributed by atoms with Gasteiger partial charge in [0.05, 0.1) is 12.2 Å². The lowest BCUT2D eigenvalue weighted by atomic mass is 10.2. The van der Waals surface area contributed by atoms with Crippen molar-refractivity contribution < 1.29 is 23.9 Å². The highest BCUT2D eigenvalue weighted by Gasteiger charge is 2.12. The summed E-state index contributed by atoms with van der Waals surface area (Å²) in [7, 11) is 3.33. The number of hydrogen-bond donors (Lipinski definition) is 1. The molecule has 1 N–H and O–H groups in total. The maximum atomic E-state index is 12.0. The molecule has 0 fully saturated rings. The van der Waals surface area contributed by atoms with Crippen molar-refractivity contribution in [2.45, 2.75) is 13.3 Å². The summed E-state index contributed by atoms with van der Waals surface area (Å²) in [6.45, 7) is 2.20. The van der Waals surface area contributed by atoms with Gasteiger partial charge in [-0.25, -0.2) is 4.79 Å². The second kappa shape index (κ2) is 10.1. The highest BCUT2D eigenvalue weighted by atomic mass is 16.5. The predicted molar refractivity (Wildman–Crippen MR) is 106 cm³/mol. The van der Waals surface area contributed by atoms with Crippen LogP contribution in [-0.4, -0.2) is 50.0 Å². The monoisotopic (exact) mass is 384 g/mol. The van der Waals surface area contributed by atoms with Gasteiger partial charge in [-0.2, -0.15) is 0 Å². The van der Waals surface area contributed by atoms with E-state index in [1.807, 2.05) is 6.92 Å². The normalized spacial score (nSPS) is 10.1. The van der Waals surface area contributed by atoms with E-state index < -0.39 is 18.5 Å². The number of anilines is 1. The van der Waals surface area contributed by atoms with E-state index >= 15 is 0 Å². The zero-order valence-corrected chi connectivity index (χ0v) is 16.2. The predicted octanol–water partition coefficient (Wildman–Crippen LogP) is 2.97. The maximum Gasteiger partial charge on any atom is 0.338 e. The summed E-state index contributed by atoms with van der Waals surface area (Å²) >= 11 is 0. The summed E-state index contributed by atoms with van der Waals surface area (Å²) in [6, 6.07) is 13.0. The smallest absolute Gasteiger partial charge is 0.338 e. The zero-order valence-electron chi connectivity index (χ0n) is 16.2. The first-order chi connectivity index (χ1) is 13.4. The minimum absolute atomic E-state index is 0.127. The summed E-state index contributed by atoms with van der Waals surface area (Å²) in [5, 5.41) is 2.62. The lowest BCUT2D eigenvalue weighted by Gasteiger charge is -2.11. The fourth-order valence-corrected chi connectivity index (χ4v) is 2.27. The second-order valence-corrected chi connectivity index (χ2v) is 6.27. The van der Waals surface area contributed by atoms with Crippen LogP contribution in [0.2, 0.25) is 0 Å². The molecular formula is C21H24N2O5. The molecule has 0 aliphatic carbocycles. The van der Waals surface area contributed by atoms with Crippen molar-refractivity contribution in [2.75, 3.05) is 32.6 Å². The molecule has 0 aromatic heterocycles. The minimum atomic E-state index is -0.593. The molecule has 0 spiro atoms. The summed E-state index contributed by atoms with van der Waals surface area (Å²) < 4.78 is 10.5. The van der Waals surface area contributed by atoms with Gasteiger partial charge in [-0.1, -0.05) is 6.92 Å². The molecule has 0 atom stereocenters. The Bertz CT molecular complexity index is 814. The van der Waals surface area contributed by atoms with E-state index in [4.69, 9.17) is 9.47 Å². The maximum absolute atomic E-state index is 12.0. The minimum Gasteiger partial charge on any atom is -0.494 e. The van der Waals surface area contributed by atoms with Crippen LogP contribution in [-0.2, 0) is 9.53 Å². The van der Waals surface area contributed by atoms with Crippen LogP contribution in [0.25, 0.3) is 0 Å². The Kier molecular flexibility index (Phi) is 7.56. The number of nitrogens with one attached hydrogen (secondary N) is 1. The standard InChI is InChI=1S/C21H24N2O5/c1-4-13-27-18-11-7-16(8-12-18)21(26)28-14-19(24)22-17-9-5-15(6-10-17)20(25)23(2)3/h5-12H,4,13-14H2,1-3H3,(H,22,24). The first-order valence-electron chi connectivity index (χ1n) is 8.92. The second-order valence-electron chi connectivity index (χ2n) is 6.27. The van der Waals surface area contributed by atoms with E-state index in [-0.39, 0.29) is 5.91 Å². The quantitative estimate of drug-likeness (QED) is 0.708. The first-order valence-corrected chi connectivity index (χ1v) is 8.92. The van der Waals surface area contributed by atoms with Crippen LogP contribution in [0.15, 0.2) is 48.5 Å². The van der Waals surface area contributed by atoms with Crippen molar-refractivity contribution in [1.29, 1.82) is 0 Å². The van der Waals surface area contributed by atoms with Crippen LogP contribution >= 0.6 is 0 Å². The third kappa shape index (κ3) is 6.12. The van der Waals surface area contributed by atoms with Crippen LogP contribution in [0.3, 0.4) is 0 Å². The molecule has 0 bridgehead atoms. The van der Waals surface area contributed by atoms with Crippen molar-refractivity contribution >= 4 is 23.5 Å². The van der Waals surface area contributed by atoms with E-state index in [0.29, 0.717) is 29.2 Å². The van der Waals surface area contributed by atoms with Gasteiger partial charge in [-0.15, -0.1) is 0 Å². The van der Waals surface area contributed by atoms with Gasteiger partial charge in [0, 0.05) is 25.3 Å². The molecule has 0 heterocycles. The number of amides is 2. The topological polar surface area (TPSA) is 84.9 Å². The Morgan fingerprint density at radius 1 is 0.929 bits per heavy atom. The molecule has 2 rings (SSSR count). The van der Waals surface area contributed by atoms with E-state index in [0.717, 1.165) is 6.42 Å². The summed E-state index contributed by atoms with van der Waals surface area (Å²) in [4.78, 5) is 37.3. The van der Waals surface area contributed by atoms with Crippen molar-refractivity contribution in [1.82, 2.24) is 4.90 Å². The molecule has 0 aliphatic heterocycles. The molecule has 2 amide bonds. The van der Waals surface area contributed by atoms with Crippen LogP contribution in [0, 0.1) is 0 Å². The van der Waals surface area contributed by atoms with Gasteiger partial charge in [0.2, 0.25) is 0 Å². The fourth-order valence-electron chi connectivity index (χ4n) is 2.27. The Balaban J connectivity index is 1.83. The lowest BCUT2D eigenvalue weighted by molar-refractivity contribution is -0.119. The molecule has 0 radical (unpaired) electrons. The van der Waals surface area contributed by atoms with Gasteiger partial charge >= 0.3 is 5.97 Å². The van der Waals surface area contributed by atoms with E-state index in [2.05, 4.69) is 5.32 Å². The van der Waals surface area contributed by atoms with Gasteiger partial charge in [0.15, 0.2) is 6.61 Å². The third-order valence-corrected chi connectivity index (χ3v) is 3.72. The molecular weight excluding hydrogens is 360 g/mol. The Morgan fingerprint density at radius 3 is 2.11 bits per heavy atom.